The zero-order valence-corrected chi connectivity index (χ0v) is 5.26. The zero-order valence-electron chi connectivity index (χ0n) is 2.80. The Bertz CT molecular complexity index is 30.5. The van der Waals surface area contributed by atoms with E-state index in [1.54, 1.807) is 0 Å². The van der Waals surface area contributed by atoms with E-state index in [-0.39, 0.29) is 31.7 Å². The fraction of sp³-hybridized carbons (Fsp3) is 0. The average molecular weight is 171 g/mol. The van der Waals surface area contributed by atoms with Gasteiger partial charge in [-0.3, -0.25) is 0 Å². The second-order valence-corrected chi connectivity index (χ2v) is 0.283. The number of carboxylic acid groups (broad SMARTS) is 2. The average Bonchev–Trinajstić information content (AvgIpc) is 0.811. The molecule has 0 radical (unpaired) electrons. The fourth-order valence-electron chi connectivity index (χ4n) is 0. The van der Waals surface area contributed by atoms with Crippen molar-refractivity contribution in [1.82, 2.24) is 0 Å². The van der Waals surface area contributed by atoms with Gasteiger partial charge < -0.3 is 15.7 Å². The van der Waals surface area contributed by atoms with E-state index in [4.69, 9.17) is 15.0 Å². The van der Waals surface area contributed by atoms with Crippen molar-refractivity contribution in [3.8, 4) is 0 Å². The molecule has 5 heteroatoms. The summed E-state index contributed by atoms with van der Waals surface area (Å²) in [6, 6.07) is 0. The number of hydrogen-bond acceptors (Lipinski definition) is 1. The molecule has 0 aliphatic carbocycles. The topological polar surface area (TPSA) is 89.0 Å². The molecule has 36 valence electrons. The van der Waals surface area contributed by atoms with Crippen LogP contribution in [0, 0.1) is 0 Å². The molecule has 6 heavy (non-hydrogen) atoms. The maximum atomic E-state index is 8.56. The minimum Gasteiger partial charge on any atom is -0.450 e. The van der Waals surface area contributed by atoms with E-state index >= 15 is 0 Å². The monoisotopic (exact) mass is 170 g/mol. The van der Waals surface area contributed by atoms with Crippen LogP contribution in [-0.4, -0.2) is 21.8 Å². The Hall–Kier alpha value is 0.113. The van der Waals surface area contributed by atoms with Gasteiger partial charge in [-0.2, -0.15) is 0 Å². The molecule has 0 bridgehead atoms. The Morgan fingerprint density at radius 2 is 1.33 bits per heavy atom. The molecule has 4 N–H and O–H groups in total. The van der Waals surface area contributed by atoms with E-state index in [1.807, 2.05) is 0 Å². The van der Waals surface area contributed by atoms with Crippen molar-refractivity contribution in [3.63, 3.8) is 0 Å². The molecule has 4 nitrogen and oxygen atoms in total. The second kappa shape index (κ2) is 8.93. The smallest absolute Gasteiger partial charge is 0.450 e. The van der Waals surface area contributed by atoms with Crippen LogP contribution in [-0.2, 0) is 26.2 Å². The maximum absolute atomic E-state index is 8.56. The molecular weight excluding hydrogens is 167 g/mol. The molecule has 0 atom stereocenters. The van der Waals surface area contributed by atoms with Crippen LogP contribution < -0.4 is 0 Å². The van der Waals surface area contributed by atoms with Crippen molar-refractivity contribution < 1.29 is 46.7 Å². The van der Waals surface area contributed by atoms with Crippen molar-refractivity contribution in [3.05, 3.63) is 0 Å². The Kier molecular flexibility index (Phi) is 24.5. The van der Waals surface area contributed by atoms with Gasteiger partial charge in [0, 0.05) is 26.2 Å². The van der Waals surface area contributed by atoms with E-state index in [0.29, 0.717) is 0 Å². The van der Waals surface area contributed by atoms with Crippen LogP contribution in [0.3, 0.4) is 0 Å². The van der Waals surface area contributed by atoms with Crippen LogP contribution in [0.1, 0.15) is 0 Å². The van der Waals surface area contributed by atoms with E-state index in [1.165, 1.54) is 0 Å². The van der Waals surface area contributed by atoms with E-state index in [0.717, 1.165) is 0 Å². The molecule has 0 fully saturated rings. The van der Waals surface area contributed by atoms with Crippen LogP contribution in [0.4, 0.5) is 4.79 Å². The molecule has 0 aromatic rings. The van der Waals surface area contributed by atoms with Crippen molar-refractivity contribution in [2.45, 2.75) is 0 Å². The standard InChI is InChI=1S/CH2O3.H2O.Zr/c2-1(3)4;;/h(H2,2,3,4);1H2;. The van der Waals surface area contributed by atoms with Gasteiger partial charge in [0.2, 0.25) is 0 Å². The quantitative estimate of drug-likeness (QED) is 0.510. The summed E-state index contributed by atoms with van der Waals surface area (Å²) in [4.78, 5) is 8.56. The third kappa shape index (κ3) is 3120. The maximum Gasteiger partial charge on any atom is 0.503 e. The molecule has 0 aliphatic heterocycles. The summed E-state index contributed by atoms with van der Waals surface area (Å²) in [7, 11) is 0. The van der Waals surface area contributed by atoms with Crippen LogP contribution in [0.2, 0.25) is 0 Å². The molecule has 0 saturated carbocycles. The normalized spacial score (nSPS) is 4.00. The Labute approximate surface area is 53.2 Å². The van der Waals surface area contributed by atoms with Crippen LogP contribution in [0.15, 0.2) is 0 Å². The van der Waals surface area contributed by atoms with E-state index in [2.05, 4.69) is 0 Å². The van der Waals surface area contributed by atoms with Crippen molar-refractivity contribution in [1.29, 1.82) is 0 Å². The van der Waals surface area contributed by atoms with E-state index in [9.17, 15) is 0 Å². The Morgan fingerprint density at radius 3 is 1.33 bits per heavy atom. The molecule has 0 aliphatic rings. The first kappa shape index (κ1) is 16.5. The Balaban J connectivity index is -0.0000000450. The molecule has 0 saturated heterocycles. The molecule has 0 spiro atoms. The van der Waals surface area contributed by atoms with Crippen molar-refractivity contribution in [2.75, 3.05) is 0 Å². The third-order valence-electron chi connectivity index (χ3n) is 0. The van der Waals surface area contributed by atoms with Gasteiger partial charge in [0.05, 0.1) is 0 Å². The predicted molar refractivity (Wildman–Crippen MR) is 14.3 cm³/mol. The van der Waals surface area contributed by atoms with Crippen LogP contribution in [0.25, 0.3) is 0 Å². The van der Waals surface area contributed by atoms with Crippen molar-refractivity contribution >= 4 is 6.16 Å². The first-order chi connectivity index (χ1) is 1.73. The molecular formula is CH4O4Zr. The number of hydrogen-bond donors (Lipinski definition) is 2. The summed E-state index contributed by atoms with van der Waals surface area (Å²) in [5, 5.41) is 13.9. The summed E-state index contributed by atoms with van der Waals surface area (Å²) in [5.41, 5.74) is 0. The zero-order chi connectivity index (χ0) is 3.58. The van der Waals surface area contributed by atoms with Gasteiger partial charge in [-0.1, -0.05) is 0 Å². The van der Waals surface area contributed by atoms with Gasteiger partial charge in [0.1, 0.15) is 0 Å². The molecule has 0 aromatic carbocycles. The summed E-state index contributed by atoms with van der Waals surface area (Å²) < 4.78 is 0. The van der Waals surface area contributed by atoms with Crippen LogP contribution >= 0.6 is 0 Å². The minimum atomic E-state index is -1.83. The Morgan fingerprint density at radius 1 is 1.33 bits per heavy atom. The summed E-state index contributed by atoms with van der Waals surface area (Å²) in [6.45, 7) is 0. The first-order valence-electron chi connectivity index (χ1n) is 0.651. The largest absolute Gasteiger partial charge is 0.503 e. The summed E-state index contributed by atoms with van der Waals surface area (Å²) in [5.74, 6) is 0. The van der Waals surface area contributed by atoms with Gasteiger partial charge in [-0.15, -0.1) is 0 Å². The molecule has 0 unspecified atom stereocenters. The van der Waals surface area contributed by atoms with Crippen molar-refractivity contribution in [2.24, 2.45) is 0 Å². The first-order valence-corrected chi connectivity index (χ1v) is 0.651. The molecule has 0 heterocycles. The molecule has 0 aromatic heterocycles. The summed E-state index contributed by atoms with van der Waals surface area (Å²) >= 11 is 0. The van der Waals surface area contributed by atoms with Gasteiger partial charge >= 0.3 is 6.16 Å². The summed E-state index contributed by atoms with van der Waals surface area (Å²) in [6.07, 6.45) is -1.83. The number of rotatable bonds is 0. The predicted octanol–water partition coefficient (Wildman–Crippen LogP) is -0.605. The SMILES string of the molecule is O.O=C(O)O.[Zr]. The van der Waals surface area contributed by atoms with Crippen LogP contribution in [0.5, 0.6) is 0 Å². The molecule has 0 rings (SSSR count). The fourth-order valence-corrected chi connectivity index (χ4v) is 0. The van der Waals surface area contributed by atoms with Gasteiger partial charge in [-0.05, 0) is 0 Å². The number of carbonyl (C=O) groups is 1. The minimum absolute atomic E-state index is 0. The second-order valence-electron chi connectivity index (χ2n) is 0.283. The van der Waals surface area contributed by atoms with E-state index < -0.39 is 6.16 Å². The van der Waals surface area contributed by atoms with Gasteiger partial charge in [0.25, 0.3) is 0 Å². The molecule has 0 amide bonds. The van der Waals surface area contributed by atoms with Gasteiger partial charge in [-0.25, -0.2) is 4.79 Å². The third-order valence-corrected chi connectivity index (χ3v) is 0. The van der Waals surface area contributed by atoms with Gasteiger partial charge in [0.15, 0.2) is 0 Å².